The summed E-state index contributed by atoms with van der Waals surface area (Å²) in [5, 5.41) is 0.184. The van der Waals surface area contributed by atoms with Gasteiger partial charge in [0.05, 0.1) is 10.3 Å². The third kappa shape index (κ3) is 5.43. The number of benzene rings is 2. The predicted octanol–water partition coefficient (Wildman–Crippen LogP) is 6.46. The number of amides is 1. The molecule has 0 unspecified atom stereocenters. The van der Waals surface area contributed by atoms with Crippen LogP contribution in [0.1, 0.15) is 43.3 Å². The van der Waals surface area contributed by atoms with Gasteiger partial charge in [-0.3, -0.25) is 9.52 Å². The maximum absolute atomic E-state index is 14.6. The van der Waals surface area contributed by atoms with Crippen molar-refractivity contribution < 1.29 is 31.5 Å². The number of rotatable bonds is 6. The van der Waals surface area contributed by atoms with Crippen LogP contribution >= 0.6 is 11.9 Å². The number of alkyl halides is 3. The van der Waals surface area contributed by atoms with Crippen LogP contribution in [0, 0.1) is 5.82 Å². The SMILES string of the molecule is CC(C)(C)c1ccc(OCC(F)(F)F)c(SNC(=O)c2cc3c(F)cc(N4CCC4)cc3o2)c1. The van der Waals surface area contributed by atoms with E-state index < -0.39 is 24.5 Å². The van der Waals surface area contributed by atoms with Gasteiger partial charge in [0.15, 0.2) is 12.4 Å². The first-order chi connectivity index (χ1) is 15.9. The lowest BCUT2D eigenvalue weighted by atomic mass is 9.87. The number of nitrogens with zero attached hydrogens (tertiary/aromatic N) is 1. The van der Waals surface area contributed by atoms with Crippen molar-refractivity contribution in [3.63, 3.8) is 0 Å². The second-order valence-electron chi connectivity index (χ2n) is 9.14. The highest BCUT2D eigenvalue weighted by atomic mass is 32.2. The van der Waals surface area contributed by atoms with E-state index in [1.54, 1.807) is 18.2 Å². The third-order valence-electron chi connectivity index (χ3n) is 5.47. The summed E-state index contributed by atoms with van der Waals surface area (Å²) in [4.78, 5) is 15.0. The largest absolute Gasteiger partial charge is 0.483 e. The second kappa shape index (κ2) is 9.05. The van der Waals surface area contributed by atoms with Crippen LogP contribution in [0.25, 0.3) is 11.0 Å². The molecule has 1 aliphatic rings. The highest BCUT2D eigenvalue weighted by Crippen LogP contribution is 2.35. The molecule has 0 spiro atoms. The molecule has 0 bridgehead atoms. The normalized spacial score (nSPS) is 14.3. The van der Waals surface area contributed by atoms with E-state index in [9.17, 15) is 22.4 Å². The van der Waals surface area contributed by atoms with Crippen LogP contribution in [-0.4, -0.2) is 31.8 Å². The van der Waals surface area contributed by atoms with Crippen LogP contribution in [0.3, 0.4) is 0 Å². The van der Waals surface area contributed by atoms with Crippen molar-refractivity contribution in [3.05, 3.63) is 53.5 Å². The molecule has 1 fully saturated rings. The number of fused-ring (bicyclic) bond motifs is 1. The van der Waals surface area contributed by atoms with Gasteiger partial charge in [-0.2, -0.15) is 13.2 Å². The summed E-state index contributed by atoms with van der Waals surface area (Å²) in [6, 6.07) is 9.23. The van der Waals surface area contributed by atoms with E-state index in [0.717, 1.165) is 37.0 Å². The van der Waals surface area contributed by atoms with E-state index in [1.807, 2.05) is 25.7 Å². The Bertz CT molecular complexity index is 1210. The molecule has 0 radical (unpaired) electrons. The molecule has 1 N–H and O–H groups in total. The number of carbonyl (C=O) groups is 1. The Hall–Kier alpha value is -2.88. The van der Waals surface area contributed by atoms with E-state index in [1.165, 1.54) is 18.2 Å². The quantitative estimate of drug-likeness (QED) is 0.314. The van der Waals surface area contributed by atoms with Gasteiger partial charge in [-0.15, -0.1) is 0 Å². The summed E-state index contributed by atoms with van der Waals surface area (Å²) in [5.41, 5.74) is 1.53. The molecule has 3 aromatic rings. The van der Waals surface area contributed by atoms with Crippen molar-refractivity contribution in [2.75, 3.05) is 24.6 Å². The number of halogens is 4. The van der Waals surface area contributed by atoms with Crippen LogP contribution in [0.15, 0.2) is 45.7 Å². The Labute approximate surface area is 198 Å². The molecule has 2 aromatic carbocycles. The zero-order chi connectivity index (χ0) is 24.7. The second-order valence-corrected chi connectivity index (χ2v) is 9.99. The maximum Gasteiger partial charge on any atom is 0.422 e. The van der Waals surface area contributed by atoms with Gasteiger partial charge in [0, 0.05) is 30.9 Å². The van der Waals surface area contributed by atoms with E-state index in [2.05, 4.69) is 4.72 Å². The summed E-state index contributed by atoms with van der Waals surface area (Å²) < 4.78 is 65.7. The predicted molar refractivity (Wildman–Crippen MR) is 123 cm³/mol. The van der Waals surface area contributed by atoms with Crippen molar-refractivity contribution >= 4 is 34.5 Å². The van der Waals surface area contributed by atoms with Gasteiger partial charge in [-0.05, 0) is 47.5 Å². The molecule has 5 nitrogen and oxygen atoms in total. The van der Waals surface area contributed by atoms with Gasteiger partial charge in [0.25, 0.3) is 5.91 Å². The highest BCUT2D eigenvalue weighted by molar-refractivity contribution is 7.98. The topological polar surface area (TPSA) is 54.7 Å². The molecule has 0 aliphatic carbocycles. The van der Waals surface area contributed by atoms with Gasteiger partial charge in [0.1, 0.15) is 17.1 Å². The molecule has 2 heterocycles. The van der Waals surface area contributed by atoms with Gasteiger partial charge in [-0.1, -0.05) is 26.8 Å². The molecule has 0 saturated carbocycles. The minimum absolute atomic E-state index is 0.00883. The molecule has 182 valence electrons. The van der Waals surface area contributed by atoms with E-state index >= 15 is 0 Å². The molecule has 1 aliphatic heterocycles. The average Bonchev–Trinajstić information content (AvgIpc) is 3.13. The number of anilines is 1. The van der Waals surface area contributed by atoms with Gasteiger partial charge in [-0.25, -0.2) is 4.39 Å². The highest BCUT2D eigenvalue weighted by Gasteiger charge is 2.29. The molecule has 10 heteroatoms. The molecule has 34 heavy (non-hydrogen) atoms. The fraction of sp³-hybridized carbons (Fsp3) is 0.375. The lowest BCUT2D eigenvalue weighted by Crippen LogP contribution is -2.36. The molecular formula is C24H24F4N2O3S. The average molecular weight is 497 g/mol. The van der Waals surface area contributed by atoms with E-state index in [4.69, 9.17) is 9.15 Å². The van der Waals surface area contributed by atoms with Crippen molar-refractivity contribution in [2.24, 2.45) is 0 Å². The fourth-order valence-corrected chi connectivity index (χ4v) is 4.15. The number of hydrogen-bond acceptors (Lipinski definition) is 5. The van der Waals surface area contributed by atoms with Crippen LogP contribution in [-0.2, 0) is 5.41 Å². The Morgan fingerprint density at radius 2 is 1.88 bits per heavy atom. The Balaban J connectivity index is 1.54. The van der Waals surface area contributed by atoms with Crippen LogP contribution in [0.4, 0.5) is 23.2 Å². The standard InChI is InChI=1S/C24H24F4N2O3S/c1-23(2,3)14-5-6-18(32-13-24(26,27)28)21(9-14)34-29-22(31)20-12-16-17(25)10-15(11-19(16)33-20)30-7-4-8-30/h5-6,9-12H,4,7-8,13H2,1-3H3,(H,29,31). The Morgan fingerprint density at radius 3 is 2.50 bits per heavy atom. The minimum atomic E-state index is -4.50. The number of nitrogens with one attached hydrogen (secondary N) is 1. The first-order valence-electron chi connectivity index (χ1n) is 10.7. The Morgan fingerprint density at radius 1 is 1.15 bits per heavy atom. The first kappa shape index (κ1) is 24.3. The minimum Gasteiger partial charge on any atom is -0.483 e. The van der Waals surface area contributed by atoms with Gasteiger partial charge >= 0.3 is 6.18 Å². The summed E-state index contributed by atoms with van der Waals surface area (Å²) in [5.74, 6) is -1.25. The monoisotopic (exact) mass is 496 g/mol. The van der Waals surface area contributed by atoms with Gasteiger partial charge in [0.2, 0.25) is 0 Å². The van der Waals surface area contributed by atoms with E-state index in [-0.39, 0.29) is 27.9 Å². The van der Waals surface area contributed by atoms with Crippen molar-refractivity contribution in [2.45, 2.75) is 43.7 Å². The molecule has 1 amide bonds. The van der Waals surface area contributed by atoms with Crippen molar-refractivity contribution in [3.8, 4) is 5.75 Å². The lowest BCUT2D eigenvalue weighted by Gasteiger charge is -2.33. The molecule has 0 atom stereocenters. The fourth-order valence-electron chi connectivity index (χ4n) is 3.44. The third-order valence-corrected chi connectivity index (χ3v) is 6.30. The maximum atomic E-state index is 14.6. The lowest BCUT2D eigenvalue weighted by molar-refractivity contribution is -0.153. The first-order valence-corrected chi connectivity index (χ1v) is 11.5. The van der Waals surface area contributed by atoms with Crippen LogP contribution in [0.2, 0.25) is 0 Å². The van der Waals surface area contributed by atoms with Crippen LogP contribution < -0.4 is 14.4 Å². The van der Waals surface area contributed by atoms with Crippen LogP contribution in [0.5, 0.6) is 5.75 Å². The summed E-state index contributed by atoms with van der Waals surface area (Å²) in [7, 11) is 0. The van der Waals surface area contributed by atoms with Crippen molar-refractivity contribution in [1.29, 1.82) is 0 Å². The molecule has 1 saturated heterocycles. The molecular weight excluding hydrogens is 472 g/mol. The van der Waals surface area contributed by atoms with Crippen molar-refractivity contribution in [1.82, 2.24) is 4.72 Å². The van der Waals surface area contributed by atoms with Gasteiger partial charge < -0.3 is 14.1 Å². The smallest absolute Gasteiger partial charge is 0.422 e. The number of hydrogen-bond donors (Lipinski definition) is 1. The van der Waals surface area contributed by atoms with E-state index in [0.29, 0.717) is 10.6 Å². The zero-order valence-electron chi connectivity index (χ0n) is 18.9. The zero-order valence-corrected chi connectivity index (χ0v) is 19.7. The molecule has 4 rings (SSSR count). The number of carbonyl (C=O) groups excluding carboxylic acids is 1. The number of furan rings is 1. The summed E-state index contributed by atoms with van der Waals surface area (Å²) in [6.45, 7) is 6.10. The summed E-state index contributed by atoms with van der Waals surface area (Å²) >= 11 is 0.812. The summed E-state index contributed by atoms with van der Waals surface area (Å²) in [6.07, 6.45) is -3.46. The number of ether oxygens (including phenoxy) is 1. The Kier molecular flexibility index (Phi) is 6.46. The molecule has 1 aromatic heterocycles.